The Labute approximate surface area is 162 Å². The Balaban J connectivity index is 2.11. The molecule has 0 N–H and O–H groups in total. The van der Waals surface area contributed by atoms with Crippen LogP contribution in [-0.2, 0) is 23.8 Å². The molecule has 1 fully saturated rings. The molecule has 0 radical (unpaired) electrons. The minimum absolute atomic E-state index is 0.0628. The monoisotopic (exact) mass is 398 g/mol. The minimum Gasteiger partial charge on any atom is -0.447 e. The van der Waals surface area contributed by atoms with Gasteiger partial charge in [-0.25, -0.2) is 4.79 Å². The lowest BCUT2D eigenvalue weighted by molar-refractivity contribution is -0.159. The maximum atomic E-state index is 12.7. The van der Waals surface area contributed by atoms with E-state index in [0.717, 1.165) is 12.8 Å². The van der Waals surface area contributed by atoms with Crippen LogP contribution in [0.3, 0.4) is 0 Å². The fraction of sp³-hybridized carbons (Fsp3) is 0.474. The molecule has 26 heavy (non-hydrogen) atoms. The van der Waals surface area contributed by atoms with Gasteiger partial charge in [0, 0.05) is 30.5 Å². The predicted molar refractivity (Wildman–Crippen MR) is 97.9 cm³/mol. The Morgan fingerprint density at radius 1 is 1.38 bits per heavy atom. The van der Waals surface area contributed by atoms with E-state index in [-0.39, 0.29) is 17.4 Å². The van der Waals surface area contributed by atoms with Crippen molar-refractivity contribution in [1.82, 2.24) is 0 Å². The zero-order chi connectivity index (χ0) is 18.9. The SMILES string of the molecule is CCOC1CCCC2(C1)OC(=O)C(c1ccc(Cl)cc1Cl)=C2OC(C)=O. The summed E-state index contributed by atoms with van der Waals surface area (Å²) in [4.78, 5) is 24.5. The Morgan fingerprint density at radius 2 is 2.15 bits per heavy atom. The molecule has 1 heterocycles. The summed E-state index contributed by atoms with van der Waals surface area (Å²) in [6, 6.07) is 4.80. The molecule has 0 amide bonds. The van der Waals surface area contributed by atoms with E-state index in [1.54, 1.807) is 18.2 Å². The van der Waals surface area contributed by atoms with Gasteiger partial charge in [-0.05, 0) is 38.3 Å². The largest absolute Gasteiger partial charge is 0.447 e. The van der Waals surface area contributed by atoms with Crippen molar-refractivity contribution in [3.05, 3.63) is 39.6 Å². The molecule has 2 atom stereocenters. The van der Waals surface area contributed by atoms with Crippen molar-refractivity contribution in [3.63, 3.8) is 0 Å². The third kappa shape index (κ3) is 3.61. The summed E-state index contributed by atoms with van der Waals surface area (Å²) in [5.41, 5.74) is -0.384. The average Bonchev–Trinajstić information content (AvgIpc) is 2.79. The number of esters is 2. The zero-order valence-corrected chi connectivity index (χ0v) is 16.2. The number of halogens is 2. The summed E-state index contributed by atoms with van der Waals surface area (Å²) in [6.45, 7) is 3.79. The molecule has 1 aliphatic heterocycles. The van der Waals surface area contributed by atoms with Crippen LogP contribution >= 0.6 is 23.2 Å². The van der Waals surface area contributed by atoms with Crippen LogP contribution in [0.4, 0.5) is 0 Å². The first-order valence-corrected chi connectivity index (χ1v) is 9.35. The first-order chi connectivity index (χ1) is 12.4. The second kappa shape index (κ2) is 7.59. The Bertz CT molecular complexity index is 771. The Hall–Kier alpha value is -1.56. The van der Waals surface area contributed by atoms with Crippen LogP contribution in [0.5, 0.6) is 0 Å². The maximum Gasteiger partial charge on any atom is 0.343 e. The molecular weight excluding hydrogens is 379 g/mol. The summed E-state index contributed by atoms with van der Waals surface area (Å²) in [6.07, 6.45) is 2.62. The molecular formula is C19H20Cl2O5. The highest BCUT2D eigenvalue weighted by Gasteiger charge is 2.53. The average molecular weight is 399 g/mol. The van der Waals surface area contributed by atoms with E-state index in [1.165, 1.54) is 6.92 Å². The lowest BCUT2D eigenvalue weighted by Crippen LogP contribution is -2.41. The van der Waals surface area contributed by atoms with Crippen LogP contribution in [0.15, 0.2) is 24.0 Å². The van der Waals surface area contributed by atoms with Crippen LogP contribution in [0.1, 0.15) is 45.1 Å². The summed E-state index contributed by atoms with van der Waals surface area (Å²) >= 11 is 12.2. The standard InChI is InChI=1S/C19H20Cl2O5/c1-3-24-13-5-4-8-19(10-13)17(25-11(2)22)16(18(23)26-19)14-7-6-12(20)9-15(14)21/h6-7,9,13H,3-5,8,10H2,1-2H3. The number of hydrogen-bond donors (Lipinski definition) is 0. The van der Waals surface area contributed by atoms with Crippen LogP contribution in [-0.4, -0.2) is 30.3 Å². The van der Waals surface area contributed by atoms with Crippen LogP contribution in [0, 0.1) is 0 Å². The van der Waals surface area contributed by atoms with Gasteiger partial charge in [-0.1, -0.05) is 29.3 Å². The van der Waals surface area contributed by atoms with E-state index in [2.05, 4.69) is 0 Å². The number of rotatable bonds is 4. The quantitative estimate of drug-likeness (QED) is 0.696. The highest BCUT2D eigenvalue weighted by Crippen LogP contribution is 2.48. The van der Waals surface area contributed by atoms with Crippen LogP contribution in [0.2, 0.25) is 10.0 Å². The van der Waals surface area contributed by atoms with Gasteiger partial charge in [-0.2, -0.15) is 0 Å². The Kier molecular flexibility index (Phi) is 5.61. The molecule has 2 unspecified atom stereocenters. The minimum atomic E-state index is -1.00. The number of carbonyl (C=O) groups excluding carboxylic acids is 2. The normalized spacial score (nSPS) is 25.5. The van der Waals surface area contributed by atoms with Gasteiger partial charge in [0.05, 0.1) is 11.1 Å². The van der Waals surface area contributed by atoms with E-state index in [9.17, 15) is 9.59 Å². The van der Waals surface area contributed by atoms with Gasteiger partial charge in [0.15, 0.2) is 11.4 Å². The number of hydrogen-bond acceptors (Lipinski definition) is 5. The van der Waals surface area contributed by atoms with Crippen molar-refractivity contribution in [2.75, 3.05) is 6.61 Å². The van der Waals surface area contributed by atoms with Crippen molar-refractivity contribution in [1.29, 1.82) is 0 Å². The zero-order valence-electron chi connectivity index (χ0n) is 14.6. The van der Waals surface area contributed by atoms with Crippen molar-refractivity contribution in [3.8, 4) is 0 Å². The lowest BCUT2D eigenvalue weighted by Gasteiger charge is -2.37. The molecule has 7 heteroatoms. The molecule has 0 bridgehead atoms. The van der Waals surface area contributed by atoms with Gasteiger partial charge in [0.25, 0.3) is 0 Å². The van der Waals surface area contributed by atoms with E-state index >= 15 is 0 Å². The molecule has 1 aromatic carbocycles. The van der Waals surface area contributed by atoms with Crippen molar-refractivity contribution < 1.29 is 23.8 Å². The van der Waals surface area contributed by atoms with Gasteiger partial charge in [-0.3, -0.25) is 4.79 Å². The smallest absolute Gasteiger partial charge is 0.343 e. The summed E-state index contributed by atoms with van der Waals surface area (Å²) < 4.78 is 17.0. The highest BCUT2D eigenvalue weighted by molar-refractivity contribution is 6.37. The molecule has 1 saturated carbocycles. The lowest BCUT2D eigenvalue weighted by atomic mass is 9.80. The summed E-state index contributed by atoms with van der Waals surface area (Å²) in [7, 11) is 0. The van der Waals surface area contributed by atoms with Crippen molar-refractivity contribution in [2.24, 2.45) is 0 Å². The molecule has 1 aliphatic carbocycles. The Morgan fingerprint density at radius 3 is 2.81 bits per heavy atom. The number of ether oxygens (including phenoxy) is 3. The molecule has 0 aromatic heterocycles. The molecule has 140 valence electrons. The third-order valence-corrected chi connectivity index (χ3v) is 5.19. The fourth-order valence-electron chi connectivity index (χ4n) is 3.67. The van der Waals surface area contributed by atoms with E-state index in [4.69, 9.17) is 37.4 Å². The van der Waals surface area contributed by atoms with E-state index < -0.39 is 17.5 Å². The van der Waals surface area contributed by atoms with E-state index in [0.29, 0.717) is 35.1 Å². The van der Waals surface area contributed by atoms with Gasteiger partial charge in [-0.15, -0.1) is 0 Å². The second-order valence-electron chi connectivity index (χ2n) is 6.48. The summed E-state index contributed by atoms with van der Waals surface area (Å²) in [5.74, 6) is -0.843. The first-order valence-electron chi connectivity index (χ1n) is 8.60. The molecule has 1 spiro atoms. The van der Waals surface area contributed by atoms with Gasteiger partial charge >= 0.3 is 11.9 Å². The van der Waals surface area contributed by atoms with Gasteiger partial charge in [0.2, 0.25) is 0 Å². The molecule has 5 nitrogen and oxygen atoms in total. The van der Waals surface area contributed by atoms with Crippen LogP contribution in [0.25, 0.3) is 5.57 Å². The first kappa shape index (κ1) is 19.2. The predicted octanol–water partition coefficient (Wildman–Crippen LogP) is 4.54. The van der Waals surface area contributed by atoms with Crippen molar-refractivity contribution in [2.45, 2.75) is 51.2 Å². The third-order valence-electron chi connectivity index (χ3n) is 4.65. The topological polar surface area (TPSA) is 61.8 Å². The fourth-order valence-corrected chi connectivity index (χ4v) is 4.17. The maximum absolute atomic E-state index is 12.7. The van der Waals surface area contributed by atoms with Crippen molar-refractivity contribution >= 4 is 40.7 Å². The molecule has 0 saturated heterocycles. The van der Waals surface area contributed by atoms with E-state index in [1.807, 2.05) is 6.92 Å². The van der Waals surface area contributed by atoms with Gasteiger partial charge < -0.3 is 14.2 Å². The van der Waals surface area contributed by atoms with Gasteiger partial charge in [0.1, 0.15) is 5.57 Å². The molecule has 1 aromatic rings. The second-order valence-corrected chi connectivity index (χ2v) is 7.32. The summed E-state index contributed by atoms with van der Waals surface area (Å²) in [5, 5.41) is 0.742. The number of carbonyl (C=O) groups is 2. The number of benzene rings is 1. The van der Waals surface area contributed by atoms with Crippen LogP contribution < -0.4 is 0 Å². The highest BCUT2D eigenvalue weighted by atomic mass is 35.5. The molecule has 3 rings (SSSR count). The molecule has 2 aliphatic rings.